The van der Waals surface area contributed by atoms with Crippen LogP contribution < -0.4 is 15.0 Å². The third-order valence-corrected chi connectivity index (χ3v) is 6.33. The summed E-state index contributed by atoms with van der Waals surface area (Å²) in [5, 5.41) is 15.8. The van der Waals surface area contributed by atoms with E-state index in [1.54, 1.807) is 13.8 Å². The van der Waals surface area contributed by atoms with E-state index >= 15 is 0 Å². The average molecular weight is 583 g/mol. The van der Waals surface area contributed by atoms with Crippen molar-refractivity contribution in [2.24, 2.45) is 0 Å². The van der Waals surface area contributed by atoms with E-state index in [-0.39, 0.29) is 61.5 Å². The molecule has 1 fully saturated rings. The first-order valence-corrected chi connectivity index (χ1v) is 12.6. The molecule has 1 aliphatic heterocycles. The Bertz CT molecular complexity index is 1430. The van der Waals surface area contributed by atoms with Gasteiger partial charge >= 0.3 is 12.1 Å². The van der Waals surface area contributed by atoms with Crippen molar-refractivity contribution in [3.63, 3.8) is 0 Å². The molecule has 1 aliphatic rings. The summed E-state index contributed by atoms with van der Waals surface area (Å²) in [6.45, 7) is 4.03. The Labute approximate surface area is 231 Å². The number of aliphatic carboxylic acids is 1. The van der Waals surface area contributed by atoms with Gasteiger partial charge in [0.05, 0.1) is 48.3 Å². The molecule has 0 unspecified atom stereocenters. The highest BCUT2D eigenvalue weighted by Crippen LogP contribution is 2.40. The molecule has 3 aromatic rings. The second-order valence-corrected chi connectivity index (χ2v) is 9.59. The standard InChI is InChI=1S/C27H27F5N4O5/c1-15(2)25-18(13-33-36(25)6-8-41-23-4-3-17(28)11-20(23)29)26(39)34-21-9-16(10-24(37)38)22(35-5-7-40-14-35)12-19(21)27(30,31)32/h3-4,9,11-13,15H,5-8,10,14H2,1-2H3,(H,34,39)(H,37,38). The van der Waals surface area contributed by atoms with E-state index in [1.807, 2.05) is 0 Å². The molecule has 14 heteroatoms. The number of hydrogen-bond acceptors (Lipinski definition) is 6. The molecule has 1 saturated heterocycles. The van der Waals surface area contributed by atoms with Crippen LogP contribution >= 0.6 is 0 Å². The monoisotopic (exact) mass is 582 g/mol. The quantitative estimate of drug-likeness (QED) is 0.322. The predicted octanol–water partition coefficient (Wildman–Crippen LogP) is 5.06. The van der Waals surface area contributed by atoms with E-state index in [2.05, 4.69) is 10.4 Å². The van der Waals surface area contributed by atoms with Crippen LogP contribution in [0.1, 0.15) is 46.9 Å². The van der Waals surface area contributed by atoms with Gasteiger partial charge in [0.2, 0.25) is 0 Å². The summed E-state index contributed by atoms with van der Waals surface area (Å²) in [6.07, 6.45) is -4.24. The molecule has 0 aliphatic carbocycles. The number of anilines is 2. The van der Waals surface area contributed by atoms with Gasteiger partial charge in [-0.15, -0.1) is 0 Å². The van der Waals surface area contributed by atoms with E-state index in [9.17, 15) is 36.6 Å². The first kappa shape index (κ1) is 29.8. The lowest BCUT2D eigenvalue weighted by Gasteiger charge is -2.23. The highest BCUT2D eigenvalue weighted by molar-refractivity contribution is 6.05. The lowest BCUT2D eigenvalue weighted by Crippen LogP contribution is -2.24. The molecule has 220 valence electrons. The Hall–Kier alpha value is -4.20. The van der Waals surface area contributed by atoms with E-state index in [4.69, 9.17) is 9.47 Å². The number of amides is 1. The van der Waals surface area contributed by atoms with Crippen molar-refractivity contribution in [2.45, 2.75) is 38.9 Å². The summed E-state index contributed by atoms with van der Waals surface area (Å²) < 4.78 is 81.3. The number of nitrogens with zero attached hydrogens (tertiary/aromatic N) is 3. The molecule has 0 bridgehead atoms. The molecule has 0 atom stereocenters. The van der Waals surface area contributed by atoms with Gasteiger partial charge in [-0.1, -0.05) is 13.8 Å². The van der Waals surface area contributed by atoms with Crippen molar-refractivity contribution in [1.29, 1.82) is 0 Å². The molecule has 4 rings (SSSR count). The maximum Gasteiger partial charge on any atom is 0.418 e. The van der Waals surface area contributed by atoms with Gasteiger partial charge in [-0.3, -0.25) is 14.3 Å². The first-order chi connectivity index (χ1) is 19.3. The van der Waals surface area contributed by atoms with Crippen molar-refractivity contribution in [3.8, 4) is 5.75 Å². The summed E-state index contributed by atoms with van der Waals surface area (Å²) in [6, 6.07) is 4.69. The van der Waals surface area contributed by atoms with Crippen LogP contribution in [0.3, 0.4) is 0 Å². The Morgan fingerprint density at radius 3 is 2.56 bits per heavy atom. The molecular formula is C27H27F5N4O5. The van der Waals surface area contributed by atoms with E-state index in [0.717, 1.165) is 24.3 Å². The Kier molecular flexibility index (Phi) is 8.80. The van der Waals surface area contributed by atoms with E-state index in [1.165, 1.54) is 15.8 Å². The van der Waals surface area contributed by atoms with Crippen molar-refractivity contribution < 1.29 is 46.1 Å². The second kappa shape index (κ2) is 12.1. The van der Waals surface area contributed by atoms with Gasteiger partial charge in [-0.25, -0.2) is 8.78 Å². The Morgan fingerprint density at radius 2 is 1.95 bits per heavy atom. The number of rotatable bonds is 10. The van der Waals surface area contributed by atoms with Gasteiger partial charge in [0.25, 0.3) is 5.91 Å². The zero-order valence-corrected chi connectivity index (χ0v) is 22.1. The average Bonchev–Trinajstić information content (AvgIpc) is 3.55. The fraction of sp³-hybridized carbons (Fsp3) is 0.370. The minimum Gasteiger partial charge on any atom is -0.489 e. The van der Waals surface area contributed by atoms with Crippen LogP contribution in [-0.4, -0.2) is 53.3 Å². The van der Waals surface area contributed by atoms with Crippen LogP contribution in [0.15, 0.2) is 36.5 Å². The molecule has 9 nitrogen and oxygen atoms in total. The van der Waals surface area contributed by atoms with Crippen LogP contribution in [-0.2, 0) is 28.7 Å². The molecule has 2 aromatic carbocycles. The number of hydrogen-bond donors (Lipinski definition) is 2. The zero-order valence-electron chi connectivity index (χ0n) is 22.1. The van der Waals surface area contributed by atoms with Gasteiger partial charge in [0.15, 0.2) is 11.6 Å². The summed E-state index contributed by atoms with van der Waals surface area (Å²) >= 11 is 0. The maximum atomic E-state index is 14.1. The number of halogens is 5. The number of aromatic nitrogens is 2. The summed E-state index contributed by atoms with van der Waals surface area (Å²) in [5.74, 6) is -4.26. The van der Waals surface area contributed by atoms with E-state index < -0.39 is 47.4 Å². The number of carboxylic acid groups (broad SMARTS) is 1. The van der Waals surface area contributed by atoms with Crippen LogP contribution in [0, 0.1) is 11.6 Å². The number of ether oxygens (including phenoxy) is 2. The fourth-order valence-electron chi connectivity index (χ4n) is 4.55. The predicted molar refractivity (Wildman–Crippen MR) is 137 cm³/mol. The van der Waals surface area contributed by atoms with E-state index in [0.29, 0.717) is 11.8 Å². The number of nitrogens with one attached hydrogen (secondary N) is 1. The lowest BCUT2D eigenvalue weighted by molar-refractivity contribution is -0.137. The molecule has 1 aromatic heterocycles. The second-order valence-electron chi connectivity index (χ2n) is 9.59. The van der Waals surface area contributed by atoms with Crippen LogP contribution in [0.25, 0.3) is 0 Å². The van der Waals surface area contributed by atoms with Gasteiger partial charge in [-0.05, 0) is 35.7 Å². The molecule has 2 heterocycles. The van der Waals surface area contributed by atoms with Crippen molar-refractivity contribution >= 4 is 23.3 Å². The largest absolute Gasteiger partial charge is 0.489 e. The molecule has 1 amide bonds. The number of carbonyl (C=O) groups is 2. The smallest absolute Gasteiger partial charge is 0.418 e. The first-order valence-electron chi connectivity index (χ1n) is 12.6. The van der Waals surface area contributed by atoms with Gasteiger partial charge in [0, 0.05) is 18.3 Å². The van der Waals surface area contributed by atoms with Crippen LogP contribution in [0.4, 0.5) is 33.3 Å². The molecular weight excluding hydrogens is 555 g/mol. The Balaban J connectivity index is 1.61. The number of benzene rings is 2. The van der Waals surface area contributed by atoms with Gasteiger partial charge < -0.3 is 24.8 Å². The molecule has 0 saturated carbocycles. The van der Waals surface area contributed by atoms with Gasteiger partial charge in [-0.2, -0.15) is 18.3 Å². The van der Waals surface area contributed by atoms with Gasteiger partial charge in [0.1, 0.15) is 19.2 Å². The third kappa shape index (κ3) is 6.93. The SMILES string of the molecule is CC(C)c1c(C(=O)Nc2cc(CC(=O)O)c(N3CCOC3)cc2C(F)(F)F)cnn1CCOc1ccc(F)cc1F. The number of alkyl halides is 3. The lowest BCUT2D eigenvalue weighted by atomic mass is 10.0. The number of carbonyl (C=O) groups excluding carboxylic acids is 1. The summed E-state index contributed by atoms with van der Waals surface area (Å²) in [4.78, 5) is 26.3. The topological polar surface area (TPSA) is 106 Å². The highest BCUT2D eigenvalue weighted by atomic mass is 19.4. The minimum atomic E-state index is -4.86. The maximum absolute atomic E-state index is 14.1. The molecule has 2 N–H and O–H groups in total. The zero-order chi connectivity index (χ0) is 29.9. The summed E-state index contributed by atoms with van der Waals surface area (Å²) in [5.41, 5.74) is -1.22. The minimum absolute atomic E-state index is 0.00195. The molecule has 0 spiro atoms. The van der Waals surface area contributed by atoms with Crippen LogP contribution in [0.5, 0.6) is 5.75 Å². The fourth-order valence-corrected chi connectivity index (χ4v) is 4.55. The molecule has 41 heavy (non-hydrogen) atoms. The van der Waals surface area contributed by atoms with Crippen molar-refractivity contribution in [2.75, 3.05) is 36.7 Å². The van der Waals surface area contributed by atoms with Crippen molar-refractivity contribution in [3.05, 3.63) is 70.5 Å². The number of carboxylic acids is 1. The third-order valence-electron chi connectivity index (χ3n) is 6.33. The normalized spacial score (nSPS) is 13.6. The molecule has 0 radical (unpaired) electrons. The van der Waals surface area contributed by atoms with Crippen molar-refractivity contribution in [1.82, 2.24) is 9.78 Å². The Morgan fingerprint density at radius 1 is 1.20 bits per heavy atom. The highest BCUT2D eigenvalue weighted by Gasteiger charge is 2.36. The van der Waals surface area contributed by atoms with Crippen LogP contribution in [0.2, 0.25) is 0 Å². The summed E-state index contributed by atoms with van der Waals surface area (Å²) in [7, 11) is 0.